The van der Waals surface area contributed by atoms with Crippen molar-refractivity contribution in [1.29, 1.82) is 0 Å². The summed E-state index contributed by atoms with van der Waals surface area (Å²) in [7, 11) is 3.19. The van der Waals surface area contributed by atoms with E-state index in [1.54, 1.807) is 32.8 Å². The van der Waals surface area contributed by atoms with Crippen molar-refractivity contribution in [3.63, 3.8) is 0 Å². The molecule has 23 heavy (non-hydrogen) atoms. The first-order valence-corrected chi connectivity index (χ1v) is 7.36. The fourth-order valence-corrected chi connectivity index (χ4v) is 2.09. The molecule has 0 atom stereocenters. The molecule has 0 aliphatic carbocycles. The third-order valence-corrected chi connectivity index (χ3v) is 3.30. The molecule has 1 heterocycles. The quantitative estimate of drug-likeness (QED) is 0.598. The zero-order valence-corrected chi connectivity index (χ0v) is 13.4. The second kappa shape index (κ2) is 8.63. The van der Waals surface area contributed by atoms with E-state index in [1.165, 1.54) is 6.08 Å². The van der Waals surface area contributed by atoms with Gasteiger partial charge in [-0.3, -0.25) is 4.79 Å². The van der Waals surface area contributed by atoms with Crippen molar-refractivity contribution in [3.05, 3.63) is 48.6 Å². The topological polar surface area (TPSA) is 65.4 Å². The van der Waals surface area contributed by atoms with E-state index in [1.807, 2.05) is 29.0 Å². The Morgan fingerprint density at radius 2 is 2.22 bits per heavy atom. The van der Waals surface area contributed by atoms with Gasteiger partial charge < -0.3 is 19.4 Å². The number of hydrogen-bond acceptors (Lipinski definition) is 4. The molecule has 0 aliphatic heterocycles. The number of amides is 1. The van der Waals surface area contributed by atoms with Crippen LogP contribution in [-0.4, -0.2) is 36.2 Å². The first kappa shape index (κ1) is 16.6. The average Bonchev–Trinajstić information content (AvgIpc) is 3.10. The molecule has 1 amide bonds. The van der Waals surface area contributed by atoms with Crippen molar-refractivity contribution < 1.29 is 14.3 Å². The number of benzene rings is 1. The standard InChI is InChI=1S/C17H21N3O3/c1-22-15-5-6-16(23-2)14(12-15)4-7-17(21)19-8-3-10-20-11-9-18-13-20/h4-7,9,11-13H,3,8,10H2,1-2H3,(H,19,21)/b7-4+. The number of imidazole rings is 1. The Bertz CT molecular complexity index is 651. The Morgan fingerprint density at radius 1 is 1.35 bits per heavy atom. The van der Waals surface area contributed by atoms with Crippen LogP contribution in [0.4, 0.5) is 0 Å². The molecule has 0 saturated carbocycles. The van der Waals surface area contributed by atoms with Crippen molar-refractivity contribution in [2.45, 2.75) is 13.0 Å². The predicted octanol–water partition coefficient (Wildman–Crippen LogP) is 2.12. The highest BCUT2D eigenvalue weighted by Gasteiger charge is 2.03. The summed E-state index contributed by atoms with van der Waals surface area (Å²) < 4.78 is 12.4. The number of aromatic nitrogens is 2. The van der Waals surface area contributed by atoms with Crippen LogP contribution in [0.1, 0.15) is 12.0 Å². The molecule has 0 saturated heterocycles. The number of carbonyl (C=O) groups excluding carboxylic acids is 1. The van der Waals surface area contributed by atoms with Crippen LogP contribution in [-0.2, 0) is 11.3 Å². The van der Waals surface area contributed by atoms with E-state index in [9.17, 15) is 4.79 Å². The predicted molar refractivity (Wildman–Crippen MR) is 88.4 cm³/mol. The Balaban J connectivity index is 1.83. The summed E-state index contributed by atoms with van der Waals surface area (Å²) in [6.45, 7) is 1.43. The zero-order chi connectivity index (χ0) is 16.5. The lowest BCUT2D eigenvalue weighted by Gasteiger charge is -2.07. The SMILES string of the molecule is COc1ccc(OC)c(/C=C/C(=O)NCCCn2ccnc2)c1. The van der Waals surface area contributed by atoms with Gasteiger partial charge in [0.1, 0.15) is 11.5 Å². The van der Waals surface area contributed by atoms with E-state index < -0.39 is 0 Å². The summed E-state index contributed by atoms with van der Waals surface area (Å²) in [5.74, 6) is 1.27. The summed E-state index contributed by atoms with van der Waals surface area (Å²) in [5, 5.41) is 2.85. The van der Waals surface area contributed by atoms with E-state index in [-0.39, 0.29) is 5.91 Å². The van der Waals surface area contributed by atoms with Crippen molar-refractivity contribution in [2.24, 2.45) is 0 Å². The van der Waals surface area contributed by atoms with Gasteiger partial charge in [0.2, 0.25) is 5.91 Å². The lowest BCUT2D eigenvalue weighted by atomic mass is 10.1. The van der Waals surface area contributed by atoms with E-state index in [0.29, 0.717) is 18.0 Å². The molecular formula is C17H21N3O3. The summed E-state index contributed by atoms with van der Waals surface area (Å²) in [6.07, 6.45) is 9.45. The Labute approximate surface area is 135 Å². The second-order valence-corrected chi connectivity index (χ2v) is 4.89. The number of hydrogen-bond donors (Lipinski definition) is 1. The van der Waals surface area contributed by atoms with Gasteiger partial charge in [-0.2, -0.15) is 0 Å². The van der Waals surface area contributed by atoms with Crippen LogP contribution in [0.25, 0.3) is 6.08 Å². The maximum Gasteiger partial charge on any atom is 0.244 e. The number of methoxy groups -OCH3 is 2. The number of ether oxygens (including phenoxy) is 2. The minimum absolute atomic E-state index is 0.138. The lowest BCUT2D eigenvalue weighted by molar-refractivity contribution is -0.116. The van der Waals surface area contributed by atoms with Gasteiger partial charge in [-0.1, -0.05) is 0 Å². The van der Waals surface area contributed by atoms with E-state index in [4.69, 9.17) is 9.47 Å². The third-order valence-electron chi connectivity index (χ3n) is 3.30. The maximum atomic E-state index is 11.8. The molecule has 6 nitrogen and oxygen atoms in total. The number of carbonyl (C=O) groups is 1. The Kier molecular flexibility index (Phi) is 6.23. The smallest absolute Gasteiger partial charge is 0.244 e. The van der Waals surface area contributed by atoms with E-state index in [0.717, 1.165) is 18.5 Å². The molecule has 2 rings (SSSR count). The highest BCUT2D eigenvalue weighted by molar-refractivity contribution is 5.92. The van der Waals surface area contributed by atoms with Crippen LogP contribution in [0.2, 0.25) is 0 Å². The molecule has 6 heteroatoms. The first-order valence-electron chi connectivity index (χ1n) is 7.36. The van der Waals surface area contributed by atoms with Gasteiger partial charge in [0.05, 0.1) is 20.5 Å². The van der Waals surface area contributed by atoms with Crippen LogP contribution >= 0.6 is 0 Å². The molecule has 1 N–H and O–H groups in total. The monoisotopic (exact) mass is 315 g/mol. The van der Waals surface area contributed by atoms with Gasteiger partial charge >= 0.3 is 0 Å². The van der Waals surface area contributed by atoms with Gasteiger partial charge in [0, 0.05) is 37.1 Å². The summed E-state index contributed by atoms with van der Waals surface area (Å²) in [4.78, 5) is 15.8. The fraction of sp³-hybridized carbons (Fsp3) is 0.294. The molecular weight excluding hydrogens is 294 g/mol. The Hall–Kier alpha value is -2.76. The van der Waals surface area contributed by atoms with Crippen LogP contribution in [0.5, 0.6) is 11.5 Å². The van der Waals surface area contributed by atoms with Crippen molar-refractivity contribution in [3.8, 4) is 11.5 Å². The van der Waals surface area contributed by atoms with E-state index in [2.05, 4.69) is 10.3 Å². The van der Waals surface area contributed by atoms with E-state index >= 15 is 0 Å². The normalized spacial score (nSPS) is 10.7. The van der Waals surface area contributed by atoms with Crippen LogP contribution in [0.15, 0.2) is 43.0 Å². The molecule has 1 aromatic carbocycles. The third kappa shape index (κ3) is 5.18. The van der Waals surface area contributed by atoms with Gasteiger partial charge in [-0.15, -0.1) is 0 Å². The largest absolute Gasteiger partial charge is 0.497 e. The van der Waals surface area contributed by atoms with Crippen molar-refractivity contribution in [2.75, 3.05) is 20.8 Å². The molecule has 0 aliphatic rings. The fourth-order valence-electron chi connectivity index (χ4n) is 2.09. The number of nitrogens with one attached hydrogen (secondary N) is 1. The molecule has 0 spiro atoms. The van der Waals surface area contributed by atoms with Gasteiger partial charge in [0.15, 0.2) is 0 Å². The lowest BCUT2D eigenvalue weighted by Crippen LogP contribution is -2.22. The molecule has 0 radical (unpaired) electrons. The van der Waals surface area contributed by atoms with Crippen molar-refractivity contribution in [1.82, 2.24) is 14.9 Å². The highest BCUT2D eigenvalue weighted by atomic mass is 16.5. The maximum absolute atomic E-state index is 11.8. The van der Waals surface area contributed by atoms with Crippen molar-refractivity contribution >= 4 is 12.0 Å². The Morgan fingerprint density at radius 3 is 2.91 bits per heavy atom. The first-order chi connectivity index (χ1) is 11.2. The molecule has 0 bridgehead atoms. The highest BCUT2D eigenvalue weighted by Crippen LogP contribution is 2.24. The summed E-state index contributed by atoms with van der Waals surface area (Å²) >= 11 is 0. The summed E-state index contributed by atoms with van der Waals surface area (Å²) in [6, 6.07) is 5.44. The number of nitrogens with zero attached hydrogens (tertiary/aromatic N) is 2. The average molecular weight is 315 g/mol. The minimum Gasteiger partial charge on any atom is -0.497 e. The molecule has 122 valence electrons. The minimum atomic E-state index is -0.138. The van der Waals surface area contributed by atoms with Gasteiger partial charge in [-0.25, -0.2) is 4.98 Å². The van der Waals surface area contributed by atoms with Crippen LogP contribution < -0.4 is 14.8 Å². The second-order valence-electron chi connectivity index (χ2n) is 4.89. The van der Waals surface area contributed by atoms with Crippen LogP contribution in [0.3, 0.4) is 0 Å². The number of aryl methyl sites for hydroxylation is 1. The van der Waals surface area contributed by atoms with Gasteiger partial charge in [-0.05, 0) is 30.7 Å². The molecule has 0 fully saturated rings. The van der Waals surface area contributed by atoms with Gasteiger partial charge in [0.25, 0.3) is 0 Å². The number of rotatable bonds is 8. The summed E-state index contributed by atoms with van der Waals surface area (Å²) in [5.41, 5.74) is 0.792. The zero-order valence-electron chi connectivity index (χ0n) is 13.4. The molecule has 1 aromatic heterocycles. The molecule has 0 unspecified atom stereocenters. The van der Waals surface area contributed by atoms with Crippen LogP contribution in [0, 0.1) is 0 Å². The molecule has 2 aromatic rings.